The number of aliphatic hydroxyl groups is 1. The van der Waals surface area contributed by atoms with E-state index in [4.69, 9.17) is 16.3 Å². The van der Waals surface area contributed by atoms with E-state index in [1.54, 1.807) is 22.9 Å². The number of aryl methyl sites for hydroxylation is 1. The summed E-state index contributed by atoms with van der Waals surface area (Å²) in [5.74, 6) is 0.449. The molecule has 0 amide bonds. The van der Waals surface area contributed by atoms with Crippen molar-refractivity contribution < 1.29 is 9.84 Å². The number of aliphatic hydroxyl groups excluding tert-OH is 1. The summed E-state index contributed by atoms with van der Waals surface area (Å²) < 4.78 is 6.68. The Bertz CT molecular complexity index is 542. The van der Waals surface area contributed by atoms with E-state index >= 15 is 0 Å². The van der Waals surface area contributed by atoms with Gasteiger partial charge in [0.25, 0.3) is 0 Å². The fourth-order valence-electron chi connectivity index (χ4n) is 1.73. The molecule has 6 heteroatoms. The molecule has 2 heterocycles. The first-order chi connectivity index (χ1) is 8.67. The van der Waals surface area contributed by atoms with Gasteiger partial charge < -0.3 is 9.84 Å². The zero-order valence-electron chi connectivity index (χ0n) is 10.2. The van der Waals surface area contributed by atoms with Crippen molar-refractivity contribution in [1.82, 2.24) is 14.8 Å². The highest BCUT2D eigenvalue weighted by Gasteiger charge is 2.20. The number of pyridine rings is 1. The van der Waals surface area contributed by atoms with Crippen molar-refractivity contribution in [2.24, 2.45) is 0 Å². The molecule has 0 aromatic carbocycles. The molecule has 0 saturated carbocycles. The third-order valence-corrected chi connectivity index (χ3v) is 2.92. The lowest BCUT2D eigenvalue weighted by atomic mass is 10.1. The Labute approximate surface area is 110 Å². The molecule has 0 aliphatic rings. The third kappa shape index (κ3) is 2.32. The van der Waals surface area contributed by atoms with Crippen LogP contribution in [0.5, 0.6) is 5.88 Å². The minimum Gasteiger partial charge on any atom is -0.481 e. The van der Waals surface area contributed by atoms with E-state index in [0.29, 0.717) is 28.8 Å². The first-order valence-corrected chi connectivity index (χ1v) is 5.95. The van der Waals surface area contributed by atoms with Crippen LogP contribution >= 0.6 is 11.6 Å². The molecule has 0 bridgehead atoms. The number of hydrogen-bond acceptors (Lipinski definition) is 4. The zero-order chi connectivity index (χ0) is 13.1. The first-order valence-electron chi connectivity index (χ1n) is 5.57. The van der Waals surface area contributed by atoms with Crippen molar-refractivity contribution in [1.29, 1.82) is 0 Å². The second kappa shape index (κ2) is 5.37. The van der Waals surface area contributed by atoms with Crippen molar-refractivity contribution in [3.8, 4) is 5.88 Å². The highest BCUT2D eigenvalue weighted by Crippen LogP contribution is 2.27. The molecule has 0 fully saturated rings. The van der Waals surface area contributed by atoms with Crippen LogP contribution in [0.1, 0.15) is 24.4 Å². The third-order valence-electron chi connectivity index (χ3n) is 2.63. The predicted octanol–water partition coefficient (Wildman–Crippen LogP) is 2.04. The van der Waals surface area contributed by atoms with E-state index in [0.717, 1.165) is 0 Å². The lowest BCUT2D eigenvalue weighted by molar-refractivity contribution is 0.202. The highest BCUT2D eigenvalue weighted by molar-refractivity contribution is 6.31. The fourth-order valence-corrected chi connectivity index (χ4v) is 1.98. The van der Waals surface area contributed by atoms with Gasteiger partial charge in [0.15, 0.2) is 0 Å². The number of rotatable bonds is 4. The first kappa shape index (κ1) is 12.9. The van der Waals surface area contributed by atoms with Gasteiger partial charge in [-0.05, 0) is 13.0 Å². The summed E-state index contributed by atoms with van der Waals surface area (Å²) >= 11 is 6.04. The second-order valence-corrected chi connectivity index (χ2v) is 4.11. The summed E-state index contributed by atoms with van der Waals surface area (Å²) in [7, 11) is 1.53. The Morgan fingerprint density at radius 1 is 1.50 bits per heavy atom. The Morgan fingerprint density at radius 3 is 2.94 bits per heavy atom. The largest absolute Gasteiger partial charge is 0.481 e. The van der Waals surface area contributed by atoms with Gasteiger partial charge in [-0.3, -0.25) is 4.68 Å². The Morgan fingerprint density at radius 2 is 2.28 bits per heavy atom. The van der Waals surface area contributed by atoms with Crippen molar-refractivity contribution in [3.05, 3.63) is 40.8 Å². The van der Waals surface area contributed by atoms with Crippen LogP contribution < -0.4 is 4.74 Å². The van der Waals surface area contributed by atoms with Crippen LogP contribution in [-0.2, 0) is 6.54 Å². The van der Waals surface area contributed by atoms with Gasteiger partial charge in [-0.25, -0.2) is 4.98 Å². The Hall–Kier alpha value is -1.59. The lowest BCUT2D eigenvalue weighted by Crippen LogP contribution is -2.11. The molecule has 1 N–H and O–H groups in total. The van der Waals surface area contributed by atoms with Crippen molar-refractivity contribution >= 4 is 11.6 Å². The van der Waals surface area contributed by atoms with Crippen LogP contribution in [0.3, 0.4) is 0 Å². The van der Waals surface area contributed by atoms with Crippen molar-refractivity contribution in [3.63, 3.8) is 0 Å². The van der Waals surface area contributed by atoms with E-state index < -0.39 is 6.10 Å². The summed E-state index contributed by atoms with van der Waals surface area (Å²) in [5, 5.41) is 14.8. The molecule has 18 heavy (non-hydrogen) atoms. The van der Waals surface area contributed by atoms with Gasteiger partial charge in [-0.15, -0.1) is 0 Å². The minimum absolute atomic E-state index is 0.425. The van der Waals surface area contributed by atoms with E-state index in [2.05, 4.69) is 10.1 Å². The summed E-state index contributed by atoms with van der Waals surface area (Å²) in [6, 6.07) is 5.20. The second-order valence-electron chi connectivity index (χ2n) is 3.70. The molecule has 2 aromatic rings. The number of aromatic nitrogens is 3. The molecule has 0 saturated heterocycles. The maximum atomic E-state index is 10.3. The van der Waals surface area contributed by atoms with Crippen LogP contribution in [-0.4, -0.2) is 27.0 Å². The van der Waals surface area contributed by atoms with Gasteiger partial charge >= 0.3 is 0 Å². The summed E-state index contributed by atoms with van der Waals surface area (Å²) in [6.45, 7) is 2.56. The van der Waals surface area contributed by atoms with E-state index in [1.165, 1.54) is 13.3 Å². The van der Waals surface area contributed by atoms with Gasteiger partial charge in [-0.2, -0.15) is 5.10 Å². The molecular formula is C12H14ClN3O2. The van der Waals surface area contributed by atoms with Gasteiger partial charge in [0.05, 0.1) is 29.7 Å². The molecular weight excluding hydrogens is 254 g/mol. The van der Waals surface area contributed by atoms with Gasteiger partial charge in [0, 0.05) is 12.6 Å². The number of ether oxygens (including phenoxy) is 1. The SMILES string of the molecule is CCn1ncc(Cl)c1C(O)c1cccc(OC)n1. The molecule has 96 valence electrons. The quantitative estimate of drug-likeness (QED) is 0.921. The topological polar surface area (TPSA) is 60.2 Å². The van der Waals surface area contributed by atoms with Crippen LogP contribution in [0.25, 0.3) is 0 Å². The number of halogens is 1. The molecule has 5 nitrogen and oxygen atoms in total. The molecule has 0 radical (unpaired) electrons. The molecule has 0 aliphatic heterocycles. The normalized spacial score (nSPS) is 12.4. The molecule has 0 spiro atoms. The van der Waals surface area contributed by atoms with E-state index in [9.17, 15) is 5.11 Å². The minimum atomic E-state index is -0.921. The highest BCUT2D eigenvalue weighted by atomic mass is 35.5. The molecule has 1 atom stereocenters. The van der Waals surface area contributed by atoms with Crippen LogP contribution in [0.2, 0.25) is 5.02 Å². The van der Waals surface area contributed by atoms with Crippen molar-refractivity contribution in [2.45, 2.75) is 19.6 Å². The number of nitrogens with zero attached hydrogens (tertiary/aromatic N) is 3. The Balaban J connectivity index is 2.40. The summed E-state index contributed by atoms with van der Waals surface area (Å²) in [4.78, 5) is 4.19. The molecule has 1 unspecified atom stereocenters. The number of methoxy groups -OCH3 is 1. The molecule has 2 rings (SSSR count). The monoisotopic (exact) mass is 267 g/mol. The maximum Gasteiger partial charge on any atom is 0.213 e. The average molecular weight is 268 g/mol. The van der Waals surface area contributed by atoms with E-state index in [-0.39, 0.29) is 0 Å². The molecule has 0 aliphatic carbocycles. The summed E-state index contributed by atoms with van der Waals surface area (Å²) in [5.41, 5.74) is 1.02. The number of hydrogen-bond donors (Lipinski definition) is 1. The fraction of sp³-hybridized carbons (Fsp3) is 0.333. The van der Waals surface area contributed by atoms with Gasteiger partial charge in [0.1, 0.15) is 6.10 Å². The van der Waals surface area contributed by atoms with E-state index in [1.807, 2.05) is 6.92 Å². The van der Waals surface area contributed by atoms with Crippen molar-refractivity contribution in [2.75, 3.05) is 7.11 Å². The van der Waals surface area contributed by atoms with Gasteiger partial charge in [-0.1, -0.05) is 17.7 Å². The Kier molecular flexibility index (Phi) is 3.84. The average Bonchev–Trinajstić information content (AvgIpc) is 2.79. The smallest absolute Gasteiger partial charge is 0.213 e. The standard InChI is InChI=1S/C12H14ClN3O2/c1-3-16-11(8(13)7-14-16)12(17)9-5-4-6-10(15-9)18-2/h4-7,12,17H,3H2,1-2H3. The van der Waals surface area contributed by atoms with Crippen LogP contribution in [0.15, 0.2) is 24.4 Å². The molecule has 2 aromatic heterocycles. The lowest BCUT2D eigenvalue weighted by Gasteiger charge is -2.13. The maximum absolute atomic E-state index is 10.3. The van der Waals surface area contributed by atoms with Crippen LogP contribution in [0.4, 0.5) is 0 Å². The zero-order valence-corrected chi connectivity index (χ0v) is 10.9. The summed E-state index contributed by atoms with van der Waals surface area (Å²) in [6.07, 6.45) is 0.596. The van der Waals surface area contributed by atoms with Gasteiger partial charge in [0.2, 0.25) is 5.88 Å². The van der Waals surface area contributed by atoms with Crippen LogP contribution in [0, 0.1) is 0 Å². The predicted molar refractivity (Wildman–Crippen MR) is 67.8 cm³/mol.